The van der Waals surface area contributed by atoms with Gasteiger partial charge in [-0.3, -0.25) is 4.72 Å². The highest BCUT2D eigenvalue weighted by Gasteiger charge is 2.16. The summed E-state index contributed by atoms with van der Waals surface area (Å²) in [5.41, 5.74) is 0.802. The number of sulfonamides is 1. The molecule has 2 rings (SSSR count). The molecule has 1 aromatic heterocycles. The van der Waals surface area contributed by atoms with Crippen LogP contribution in [0.4, 0.5) is 16.0 Å². The number of benzene rings is 1. The lowest BCUT2D eigenvalue weighted by Gasteiger charge is -2.10. The van der Waals surface area contributed by atoms with Crippen LogP contribution in [0, 0.1) is 12.7 Å². The first-order valence-corrected chi connectivity index (χ1v) is 7.75. The van der Waals surface area contributed by atoms with Crippen molar-refractivity contribution in [3.8, 4) is 0 Å². The predicted octanol–water partition coefficient (Wildman–Crippen LogP) is 2.16. The molecule has 0 radical (unpaired) electrons. The van der Waals surface area contributed by atoms with Crippen molar-refractivity contribution >= 4 is 21.7 Å². The van der Waals surface area contributed by atoms with Crippen molar-refractivity contribution < 1.29 is 12.8 Å². The van der Waals surface area contributed by atoms with E-state index >= 15 is 0 Å². The third kappa shape index (κ3) is 3.66. The van der Waals surface area contributed by atoms with Crippen LogP contribution < -0.4 is 10.0 Å². The Hall–Kier alpha value is -2.22. The van der Waals surface area contributed by atoms with E-state index < -0.39 is 15.8 Å². The highest BCUT2D eigenvalue weighted by atomic mass is 32.2. The molecular formula is C13H15FN4O2S. The zero-order valence-electron chi connectivity index (χ0n) is 11.6. The minimum atomic E-state index is -3.85. The molecule has 0 saturated carbocycles. The van der Waals surface area contributed by atoms with E-state index in [1.54, 1.807) is 6.92 Å². The summed E-state index contributed by atoms with van der Waals surface area (Å²) < 4.78 is 39.9. The molecule has 0 fully saturated rings. The summed E-state index contributed by atoms with van der Waals surface area (Å²) in [4.78, 5) is 7.71. The average molecular weight is 310 g/mol. The van der Waals surface area contributed by atoms with Crippen molar-refractivity contribution in [2.24, 2.45) is 0 Å². The smallest absolute Gasteiger partial charge is 0.264 e. The van der Waals surface area contributed by atoms with Crippen LogP contribution in [0.2, 0.25) is 0 Å². The van der Waals surface area contributed by atoms with Crippen LogP contribution >= 0.6 is 0 Å². The Kier molecular flexibility index (Phi) is 4.37. The maximum absolute atomic E-state index is 13.2. The van der Waals surface area contributed by atoms with Crippen LogP contribution in [0.5, 0.6) is 0 Å². The Morgan fingerprint density at radius 1 is 1.24 bits per heavy atom. The van der Waals surface area contributed by atoms with Crippen molar-refractivity contribution in [3.63, 3.8) is 0 Å². The zero-order chi connectivity index (χ0) is 15.5. The van der Waals surface area contributed by atoms with E-state index in [1.165, 1.54) is 24.5 Å². The molecule has 8 heteroatoms. The second-order valence-corrected chi connectivity index (χ2v) is 6.02. The fraction of sp³-hybridized carbons (Fsp3) is 0.231. The van der Waals surface area contributed by atoms with Crippen molar-refractivity contribution in [2.75, 3.05) is 16.6 Å². The summed E-state index contributed by atoms with van der Waals surface area (Å²) in [5.74, 6) is -0.171. The Morgan fingerprint density at radius 2 is 1.90 bits per heavy atom. The number of nitrogens with one attached hydrogen (secondary N) is 2. The molecule has 0 saturated heterocycles. The van der Waals surface area contributed by atoms with Gasteiger partial charge in [-0.05, 0) is 31.5 Å². The lowest BCUT2D eigenvalue weighted by atomic mass is 10.2. The SMILES string of the molecule is CCNc1ncc(S(=O)(=O)Nc2cc(F)ccc2C)cn1. The van der Waals surface area contributed by atoms with Gasteiger partial charge in [0, 0.05) is 6.54 Å². The van der Waals surface area contributed by atoms with Crippen LogP contribution in [-0.4, -0.2) is 24.9 Å². The maximum Gasteiger partial charge on any atom is 0.264 e. The van der Waals surface area contributed by atoms with E-state index in [0.29, 0.717) is 18.1 Å². The number of aryl methyl sites for hydroxylation is 1. The van der Waals surface area contributed by atoms with E-state index in [0.717, 1.165) is 6.07 Å². The number of halogens is 1. The summed E-state index contributed by atoms with van der Waals surface area (Å²) in [5, 5.41) is 2.87. The third-order valence-electron chi connectivity index (χ3n) is 2.72. The summed E-state index contributed by atoms with van der Waals surface area (Å²) >= 11 is 0. The first-order chi connectivity index (χ1) is 9.92. The molecule has 112 valence electrons. The largest absolute Gasteiger partial charge is 0.355 e. The second-order valence-electron chi connectivity index (χ2n) is 4.34. The zero-order valence-corrected chi connectivity index (χ0v) is 12.4. The lowest BCUT2D eigenvalue weighted by molar-refractivity contribution is 0.600. The molecule has 2 aromatic rings. The van der Waals surface area contributed by atoms with Gasteiger partial charge in [0.05, 0.1) is 18.1 Å². The maximum atomic E-state index is 13.2. The van der Waals surface area contributed by atoms with E-state index in [2.05, 4.69) is 20.0 Å². The van der Waals surface area contributed by atoms with Gasteiger partial charge in [0.2, 0.25) is 5.95 Å². The van der Waals surface area contributed by atoms with Crippen LogP contribution in [0.25, 0.3) is 0 Å². The molecule has 1 aromatic carbocycles. The fourth-order valence-electron chi connectivity index (χ4n) is 1.61. The van der Waals surface area contributed by atoms with Gasteiger partial charge in [0.15, 0.2) is 0 Å². The van der Waals surface area contributed by atoms with Crippen LogP contribution in [0.3, 0.4) is 0 Å². The van der Waals surface area contributed by atoms with E-state index in [4.69, 9.17) is 0 Å². The molecule has 0 aliphatic heterocycles. The van der Waals surface area contributed by atoms with Gasteiger partial charge in [-0.15, -0.1) is 0 Å². The average Bonchev–Trinajstić information content (AvgIpc) is 2.44. The number of nitrogens with zero attached hydrogens (tertiary/aromatic N) is 2. The van der Waals surface area contributed by atoms with E-state index in [9.17, 15) is 12.8 Å². The van der Waals surface area contributed by atoms with Gasteiger partial charge >= 0.3 is 0 Å². The topological polar surface area (TPSA) is 84.0 Å². The van der Waals surface area contributed by atoms with E-state index in [1.807, 2.05) is 6.92 Å². The molecule has 0 bridgehead atoms. The van der Waals surface area contributed by atoms with Gasteiger partial charge in [-0.2, -0.15) is 0 Å². The molecule has 0 amide bonds. The molecule has 1 heterocycles. The minimum absolute atomic E-state index is 0.0900. The van der Waals surface area contributed by atoms with Crippen molar-refractivity contribution in [1.29, 1.82) is 0 Å². The predicted molar refractivity (Wildman–Crippen MR) is 78.1 cm³/mol. The highest BCUT2D eigenvalue weighted by molar-refractivity contribution is 7.92. The van der Waals surface area contributed by atoms with Gasteiger partial charge in [-0.1, -0.05) is 6.07 Å². The quantitative estimate of drug-likeness (QED) is 0.884. The summed E-state index contributed by atoms with van der Waals surface area (Å²) in [6, 6.07) is 3.89. The molecule has 21 heavy (non-hydrogen) atoms. The Morgan fingerprint density at radius 3 is 2.52 bits per heavy atom. The highest BCUT2D eigenvalue weighted by Crippen LogP contribution is 2.20. The molecule has 6 nitrogen and oxygen atoms in total. The second kappa shape index (κ2) is 6.04. The third-order valence-corrected chi connectivity index (χ3v) is 4.04. The molecule has 2 N–H and O–H groups in total. The number of anilines is 2. The van der Waals surface area contributed by atoms with Crippen LogP contribution in [0.1, 0.15) is 12.5 Å². The Labute approximate surface area is 122 Å². The molecule has 0 spiro atoms. The standard InChI is InChI=1S/C13H15FN4O2S/c1-3-15-13-16-7-11(8-17-13)21(19,20)18-12-6-10(14)5-4-9(12)2/h4-8,18H,3H2,1-2H3,(H,15,16,17). The summed E-state index contributed by atoms with van der Waals surface area (Å²) in [6.07, 6.45) is 2.39. The number of hydrogen-bond donors (Lipinski definition) is 2. The molecule has 0 atom stereocenters. The van der Waals surface area contributed by atoms with Crippen LogP contribution in [-0.2, 0) is 10.0 Å². The number of hydrogen-bond acceptors (Lipinski definition) is 5. The molecule has 0 aliphatic rings. The van der Waals surface area contributed by atoms with Crippen LogP contribution in [0.15, 0.2) is 35.5 Å². The van der Waals surface area contributed by atoms with E-state index in [-0.39, 0.29) is 10.6 Å². The molecular weight excluding hydrogens is 295 g/mol. The first-order valence-electron chi connectivity index (χ1n) is 6.27. The van der Waals surface area contributed by atoms with Gasteiger partial charge in [0.1, 0.15) is 10.7 Å². The minimum Gasteiger partial charge on any atom is -0.355 e. The van der Waals surface area contributed by atoms with Gasteiger partial charge < -0.3 is 5.32 Å². The fourth-order valence-corrected chi connectivity index (χ4v) is 2.62. The normalized spacial score (nSPS) is 11.2. The summed E-state index contributed by atoms with van der Waals surface area (Å²) in [6.45, 7) is 4.19. The van der Waals surface area contributed by atoms with Gasteiger partial charge in [-0.25, -0.2) is 22.8 Å². The summed E-state index contributed by atoms with van der Waals surface area (Å²) in [7, 11) is -3.85. The Balaban J connectivity index is 2.27. The molecule has 0 unspecified atom stereocenters. The Bertz CT molecular complexity index is 732. The molecule has 0 aliphatic carbocycles. The number of aromatic nitrogens is 2. The lowest BCUT2D eigenvalue weighted by Crippen LogP contribution is -2.15. The first kappa shape index (κ1) is 15.2. The van der Waals surface area contributed by atoms with Crippen molar-refractivity contribution in [1.82, 2.24) is 9.97 Å². The van der Waals surface area contributed by atoms with Crippen molar-refractivity contribution in [3.05, 3.63) is 42.0 Å². The van der Waals surface area contributed by atoms with Crippen molar-refractivity contribution in [2.45, 2.75) is 18.7 Å². The number of rotatable bonds is 5. The van der Waals surface area contributed by atoms with Gasteiger partial charge in [0.25, 0.3) is 10.0 Å². The monoisotopic (exact) mass is 310 g/mol.